The van der Waals surface area contributed by atoms with Crippen molar-refractivity contribution in [3.8, 4) is 0 Å². The Balaban J connectivity index is 0.00000220. The molecule has 0 spiro atoms. The first-order chi connectivity index (χ1) is 9.72. The second-order valence-corrected chi connectivity index (χ2v) is 6.04. The number of nitrogens with zero attached hydrogens (tertiary/aromatic N) is 3. The number of nitrogens with one attached hydrogen (secondary N) is 1. The number of aryl methyl sites for hydroxylation is 1. The van der Waals surface area contributed by atoms with Gasteiger partial charge in [0.1, 0.15) is 0 Å². The first-order valence-corrected chi connectivity index (χ1v) is 8.03. The zero-order chi connectivity index (χ0) is 14.4. The molecule has 1 aromatic heterocycles. The van der Waals surface area contributed by atoms with Crippen molar-refractivity contribution >= 4 is 41.3 Å². The van der Waals surface area contributed by atoms with Crippen LogP contribution in [0.15, 0.2) is 10.4 Å². The van der Waals surface area contributed by atoms with Crippen molar-refractivity contribution in [2.45, 2.75) is 26.3 Å². The van der Waals surface area contributed by atoms with Crippen molar-refractivity contribution in [2.75, 3.05) is 33.9 Å². The van der Waals surface area contributed by atoms with Crippen LogP contribution in [-0.2, 0) is 17.7 Å². The van der Waals surface area contributed by atoms with Crippen molar-refractivity contribution in [3.05, 3.63) is 16.1 Å². The molecule has 7 heteroatoms. The maximum absolute atomic E-state index is 5.42. The average molecular weight is 424 g/mol. The molecule has 1 aromatic rings. The molecule has 120 valence electrons. The van der Waals surface area contributed by atoms with Gasteiger partial charge < -0.3 is 15.0 Å². The lowest BCUT2D eigenvalue weighted by atomic mass is 10.1. The summed E-state index contributed by atoms with van der Waals surface area (Å²) < 4.78 is 5.42. The van der Waals surface area contributed by atoms with Gasteiger partial charge in [-0.1, -0.05) is 6.92 Å². The van der Waals surface area contributed by atoms with E-state index in [0.29, 0.717) is 5.92 Å². The van der Waals surface area contributed by atoms with Gasteiger partial charge in [0, 0.05) is 38.5 Å². The third-order valence-electron chi connectivity index (χ3n) is 3.46. The first-order valence-electron chi connectivity index (χ1n) is 7.15. The molecule has 0 radical (unpaired) electrons. The molecule has 1 atom stereocenters. The van der Waals surface area contributed by atoms with Crippen LogP contribution in [0.4, 0.5) is 0 Å². The Kier molecular flexibility index (Phi) is 8.50. The Labute approximate surface area is 148 Å². The molecule has 1 aliphatic heterocycles. The van der Waals surface area contributed by atoms with Gasteiger partial charge in [-0.15, -0.1) is 35.3 Å². The number of thiazole rings is 1. The highest BCUT2D eigenvalue weighted by Crippen LogP contribution is 2.13. The molecule has 2 heterocycles. The lowest BCUT2D eigenvalue weighted by molar-refractivity contribution is 0.181. The second kappa shape index (κ2) is 9.58. The molecule has 1 N–H and O–H groups in total. The van der Waals surface area contributed by atoms with E-state index in [-0.39, 0.29) is 24.0 Å². The minimum Gasteiger partial charge on any atom is -0.381 e. The fourth-order valence-corrected chi connectivity index (χ4v) is 3.09. The molecule has 0 aromatic carbocycles. The van der Waals surface area contributed by atoms with E-state index in [1.807, 2.05) is 7.05 Å². The lowest BCUT2D eigenvalue weighted by Crippen LogP contribution is -2.41. The van der Waals surface area contributed by atoms with Gasteiger partial charge in [-0.3, -0.25) is 4.99 Å². The number of halogens is 1. The quantitative estimate of drug-likeness (QED) is 0.448. The van der Waals surface area contributed by atoms with Crippen molar-refractivity contribution in [1.82, 2.24) is 15.2 Å². The van der Waals surface area contributed by atoms with Crippen LogP contribution >= 0.6 is 35.3 Å². The number of aliphatic imine (C=N–C) groups is 1. The topological polar surface area (TPSA) is 49.8 Å². The van der Waals surface area contributed by atoms with Crippen LogP contribution in [0, 0.1) is 5.92 Å². The highest BCUT2D eigenvalue weighted by Gasteiger charge is 2.19. The highest BCUT2D eigenvalue weighted by atomic mass is 127. The van der Waals surface area contributed by atoms with Crippen LogP contribution in [0.5, 0.6) is 0 Å². The molecule has 2 rings (SSSR count). The molecule has 1 fully saturated rings. The summed E-state index contributed by atoms with van der Waals surface area (Å²) in [5.41, 5.74) is 1.09. The molecular weight excluding hydrogens is 399 g/mol. The van der Waals surface area contributed by atoms with Gasteiger partial charge in [-0.05, 0) is 12.8 Å². The van der Waals surface area contributed by atoms with Gasteiger partial charge in [0.15, 0.2) is 5.96 Å². The van der Waals surface area contributed by atoms with Crippen LogP contribution in [0.1, 0.15) is 24.0 Å². The van der Waals surface area contributed by atoms with E-state index < -0.39 is 0 Å². The Morgan fingerprint density at radius 2 is 2.43 bits per heavy atom. The van der Waals surface area contributed by atoms with Gasteiger partial charge in [0.25, 0.3) is 0 Å². The van der Waals surface area contributed by atoms with E-state index >= 15 is 0 Å². The van der Waals surface area contributed by atoms with E-state index in [1.54, 1.807) is 11.3 Å². The third kappa shape index (κ3) is 5.71. The number of rotatable bonds is 5. The Morgan fingerprint density at radius 1 is 1.62 bits per heavy atom. The van der Waals surface area contributed by atoms with Crippen LogP contribution in [0.2, 0.25) is 0 Å². The normalized spacial score (nSPS) is 18.4. The summed E-state index contributed by atoms with van der Waals surface area (Å²) in [6, 6.07) is 0. The van der Waals surface area contributed by atoms with Gasteiger partial charge in [-0.2, -0.15) is 0 Å². The molecule has 1 unspecified atom stereocenters. The number of hydrogen-bond acceptors (Lipinski definition) is 4. The van der Waals surface area contributed by atoms with Gasteiger partial charge >= 0.3 is 0 Å². The molecule has 0 bridgehead atoms. The third-order valence-corrected chi connectivity index (χ3v) is 4.50. The predicted octanol–water partition coefficient (Wildman–Crippen LogP) is 2.37. The average Bonchev–Trinajstić information content (AvgIpc) is 3.10. The molecule has 0 saturated carbocycles. The largest absolute Gasteiger partial charge is 0.381 e. The maximum atomic E-state index is 5.42. The molecule has 1 saturated heterocycles. The smallest absolute Gasteiger partial charge is 0.193 e. The SMILES string of the molecule is CCc1nc(CNC(=NC)N(C)CC2CCOC2)cs1.I. The maximum Gasteiger partial charge on any atom is 0.193 e. The fraction of sp³-hybridized carbons (Fsp3) is 0.714. The minimum atomic E-state index is 0. The Hall–Kier alpha value is -0.410. The van der Waals surface area contributed by atoms with Crippen LogP contribution in [-0.4, -0.2) is 49.7 Å². The standard InChI is InChI=1S/C14H24N4OS.HI/c1-4-13-17-12(10-20-13)7-16-14(15-2)18(3)8-11-5-6-19-9-11;/h10-11H,4-9H2,1-3H3,(H,15,16);1H. The molecular formula is C14H25IN4OS. The first kappa shape index (κ1) is 18.6. The molecule has 5 nitrogen and oxygen atoms in total. The Bertz CT molecular complexity index is 446. The van der Waals surface area contributed by atoms with E-state index in [4.69, 9.17) is 4.74 Å². The molecule has 1 aliphatic rings. The summed E-state index contributed by atoms with van der Waals surface area (Å²) in [5, 5.41) is 6.68. The minimum absolute atomic E-state index is 0. The second-order valence-electron chi connectivity index (χ2n) is 5.10. The van der Waals surface area contributed by atoms with Crippen LogP contribution < -0.4 is 5.32 Å². The fourth-order valence-electron chi connectivity index (χ4n) is 2.35. The van der Waals surface area contributed by atoms with Crippen molar-refractivity contribution in [2.24, 2.45) is 10.9 Å². The highest BCUT2D eigenvalue weighted by molar-refractivity contribution is 14.0. The summed E-state index contributed by atoms with van der Waals surface area (Å²) in [6.07, 6.45) is 2.15. The molecule has 21 heavy (non-hydrogen) atoms. The van der Waals surface area contributed by atoms with Crippen molar-refractivity contribution < 1.29 is 4.74 Å². The summed E-state index contributed by atoms with van der Waals surface area (Å²) >= 11 is 1.72. The zero-order valence-electron chi connectivity index (χ0n) is 13.0. The number of guanidine groups is 1. The molecule has 0 amide bonds. The van der Waals surface area contributed by atoms with Crippen molar-refractivity contribution in [3.63, 3.8) is 0 Å². The predicted molar refractivity (Wildman–Crippen MR) is 98.7 cm³/mol. The van der Waals surface area contributed by atoms with E-state index in [0.717, 1.165) is 50.8 Å². The summed E-state index contributed by atoms with van der Waals surface area (Å²) in [4.78, 5) is 11.1. The number of hydrogen-bond donors (Lipinski definition) is 1. The lowest BCUT2D eigenvalue weighted by Gasteiger charge is -2.24. The number of aromatic nitrogens is 1. The Morgan fingerprint density at radius 3 is 3.00 bits per heavy atom. The molecule has 0 aliphatic carbocycles. The summed E-state index contributed by atoms with van der Waals surface area (Å²) in [7, 11) is 3.90. The van der Waals surface area contributed by atoms with Crippen LogP contribution in [0.25, 0.3) is 0 Å². The van der Waals surface area contributed by atoms with E-state index in [2.05, 4.69) is 39.5 Å². The van der Waals surface area contributed by atoms with Crippen LogP contribution in [0.3, 0.4) is 0 Å². The number of ether oxygens (including phenoxy) is 1. The van der Waals surface area contributed by atoms with E-state index in [1.165, 1.54) is 5.01 Å². The van der Waals surface area contributed by atoms with Crippen molar-refractivity contribution in [1.29, 1.82) is 0 Å². The van der Waals surface area contributed by atoms with Gasteiger partial charge in [-0.25, -0.2) is 4.98 Å². The van der Waals surface area contributed by atoms with Gasteiger partial charge in [0.05, 0.1) is 23.9 Å². The monoisotopic (exact) mass is 424 g/mol. The zero-order valence-corrected chi connectivity index (χ0v) is 16.1. The summed E-state index contributed by atoms with van der Waals surface area (Å²) in [6.45, 7) is 5.61. The van der Waals surface area contributed by atoms with E-state index in [9.17, 15) is 0 Å². The summed E-state index contributed by atoms with van der Waals surface area (Å²) in [5.74, 6) is 1.53. The van der Waals surface area contributed by atoms with Gasteiger partial charge in [0.2, 0.25) is 0 Å².